The lowest BCUT2D eigenvalue weighted by atomic mass is 10.0. The molecule has 4 amide bonds. The zero-order valence-electron chi connectivity index (χ0n) is 15.4. The molecule has 30 heavy (non-hydrogen) atoms. The molecular weight excluding hydrogens is 430 g/mol. The number of fused-ring (bicyclic) bond motifs is 2. The number of carbonyl (C=O) groups is 3. The first-order valence-corrected chi connectivity index (χ1v) is 10.0. The molecular formula is C12H19N9O8S. The summed E-state index contributed by atoms with van der Waals surface area (Å²) in [5, 5.41) is 11.0. The second kappa shape index (κ2) is 8.73. The van der Waals surface area contributed by atoms with Crippen molar-refractivity contribution >= 4 is 28.2 Å². The molecule has 1 aromatic heterocycles. The van der Waals surface area contributed by atoms with Crippen molar-refractivity contribution in [2.45, 2.75) is 31.5 Å². The lowest BCUT2D eigenvalue weighted by molar-refractivity contribution is -0.132. The fourth-order valence-electron chi connectivity index (χ4n) is 3.04. The molecule has 2 atom stereocenters. The Morgan fingerprint density at radius 2 is 2.07 bits per heavy atom. The zero-order valence-corrected chi connectivity index (χ0v) is 16.2. The molecule has 0 aromatic carbocycles. The van der Waals surface area contributed by atoms with Gasteiger partial charge in [-0.25, -0.2) is 4.79 Å². The summed E-state index contributed by atoms with van der Waals surface area (Å²) in [6, 6.07) is -2.52. The summed E-state index contributed by atoms with van der Waals surface area (Å²) in [7, 11) is -4.89. The summed E-state index contributed by atoms with van der Waals surface area (Å²) >= 11 is 0. The van der Waals surface area contributed by atoms with Crippen LogP contribution in [0.3, 0.4) is 0 Å². The minimum atomic E-state index is -4.89. The van der Waals surface area contributed by atoms with E-state index in [-0.39, 0.29) is 45.1 Å². The molecule has 2 bridgehead atoms. The summed E-state index contributed by atoms with van der Waals surface area (Å²) in [6.07, 6.45) is 0.434. The van der Waals surface area contributed by atoms with Gasteiger partial charge in [0.05, 0.1) is 6.04 Å². The number of tetrazole rings is 1. The maximum Gasteiger partial charge on any atom is 0.418 e. The molecule has 2 aliphatic heterocycles. The van der Waals surface area contributed by atoms with Gasteiger partial charge in [-0.05, 0) is 23.3 Å². The number of nitrogens with one attached hydrogen (secondary N) is 2. The highest BCUT2D eigenvalue weighted by molar-refractivity contribution is 7.80. The number of nitrogens with zero attached hydrogens (tertiary/aromatic N) is 6. The van der Waals surface area contributed by atoms with Crippen LogP contribution in [-0.4, -0.2) is 92.8 Å². The van der Waals surface area contributed by atoms with Crippen LogP contribution in [0, 0.1) is 0 Å². The normalized spacial score (nSPS) is 20.9. The van der Waals surface area contributed by atoms with Gasteiger partial charge in [-0.3, -0.25) is 25.0 Å². The van der Waals surface area contributed by atoms with E-state index in [4.69, 9.17) is 15.0 Å². The quantitative estimate of drug-likeness (QED) is 0.221. The molecule has 0 radical (unpaired) electrons. The Kier molecular flexibility index (Phi) is 6.29. The molecule has 0 spiro atoms. The van der Waals surface area contributed by atoms with Crippen LogP contribution in [0.5, 0.6) is 6.01 Å². The Balaban J connectivity index is 1.53. The van der Waals surface area contributed by atoms with Crippen LogP contribution in [0.25, 0.3) is 0 Å². The number of nitrogens with two attached hydrogens (primary N) is 1. The number of urea groups is 1. The Hall–Kier alpha value is -3.09. The third-order valence-corrected chi connectivity index (χ3v) is 4.62. The van der Waals surface area contributed by atoms with E-state index >= 15 is 0 Å². The van der Waals surface area contributed by atoms with Crippen LogP contribution in [0.15, 0.2) is 0 Å². The maximum atomic E-state index is 12.4. The van der Waals surface area contributed by atoms with Crippen molar-refractivity contribution in [3.05, 3.63) is 0 Å². The minimum Gasteiger partial charge on any atom is -0.461 e. The summed E-state index contributed by atoms with van der Waals surface area (Å²) in [5.74, 6) is -1.37. The fourth-order valence-corrected chi connectivity index (χ4v) is 3.43. The number of hydrogen-bond acceptors (Lipinski definition) is 11. The Morgan fingerprint density at radius 1 is 1.30 bits per heavy atom. The highest BCUT2D eigenvalue weighted by atomic mass is 32.3. The van der Waals surface area contributed by atoms with Crippen LogP contribution in [0.1, 0.15) is 12.8 Å². The van der Waals surface area contributed by atoms with Gasteiger partial charge in [0, 0.05) is 13.1 Å². The second-order valence-electron chi connectivity index (χ2n) is 6.30. The van der Waals surface area contributed by atoms with E-state index in [1.165, 1.54) is 0 Å². The number of carbonyl (C=O) groups excluding carboxylic acids is 3. The number of hydroxylamine groups is 2. The summed E-state index contributed by atoms with van der Waals surface area (Å²) in [6.45, 7) is 0.0221. The topological polar surface area (TPSA) is 224 Å². The molecule has 2 fully saturated rings. The monoisotopic (exact) mass is 449 g/mol. The van der Waals surface area contributed by atoms with E-state index in [1.54, 1.807) is 0 Å². The Morgan fingerprint density at radius 3 is 2.77 bits per heavy atom. The van der Waals surface area contributed by atoms with Crippen molar-refractivity contribution in [2.75, 3.05) is 19.7 Å². The number of aromatic nitrogens is 4. The lowest BCUT2D eigenvalue weighted by Gasteiger charge is -2.29. The van der Waals surface area contributed by atoms with Crippen molar-refractivity contribution in [2.24, 2.45) is 5.73 Å². The first kappa shape index (κ1) is 21.6. The fraction of sp³-hybridized carbons (Fsp3) is 0.667. The Labute approximate surface area is 169 Å². The van der Waals surface area contributed by atoms with Gasteiger partial charge in [-0.15, -0.1) is 4.28 Å². The van der Waals surface area contributed by atoms with Crippen LogP contribution < -0.4 is 21.3 Å². The second-order valence-corrected chi connectivity index (χ2v) is 7.31. The molecule has 0 saturated carbocycles. The van der Waals surface area contributed by atoms with E-state index < -0.39 is 40.3 Å². The van der Waals surface area contributed by atoms with Gasteiger partial charge < -0.3 is 15.4 Å². The molecule has 2 saturated heterocycles. The van der Waals surface area contributed by atoms with Crippen molar-refractivity contribution in [1.29, 1.82) is 0 Å². The number of ether oxygens (including phenoxy) is 1. The molecule has 5 N–H and O–H groups in total. The van der Waals surface area contributed by atoms with Crippen molar-refractivity contribution < 1.29 is 36.4 Å². The number of rotatable bonds is 8. The highest BCUT2D eigenvalue weighted by Gasteiger charge is 2.49. The molecule has 18 heteroatoms. The van der Waals surface area contributed by atoms with E-state index in [9.17, 15) is 22.8 Å². The standard InChI is InChI=1S/C12H19N9O8S/c13-3-4-28-11-16-17-18-20(11)6-9(22)14-15-10(23)8-2-1-7-5-19(8)12(24)21(7)29-30(25,26)27/h7-8H,1-6,13H2,(H,14,22)(H,15,23)(H,25,26,27). The first-order valence-electron chi connectivity index (χ1n) is 8.64. The zero-order chi connectivity index (χ0) is 21.9. The van der Waals surface area contributed by atoms with Gasteiger partial charge in [0.15, 0.2) is 0 Å². The predicted molar refractivity (Wildman–Crippen MR) is 92.0 cm³/mol. The third kappa shape index (κ3) is 4.90. The van der Waals surface area contributed by atoms with E-state index in [0.717, 1.165) is 9.58 Å². The van der Waals surface area contributed by atoms with Crippen molar-refractivity contribution in [3.63, 3.8) is 0 Å². The van der Waals surface area contributed by atoms with E-state index in [0.29, 0.717) is 5.06 Å². The van der Waals surface area contributed by atoms with Crippen molar-refractivity contribution in [1.82, 2.24) is 41.0 Å². The Bertz CT molecular complexity index is 921. The molecule has 17 nitrogen and oxygen atoms in total. The van der Waals surface area contributed by atoms with Crippen LogP contribution in [0.4, 0.5) is 4.79 Å². The highest BCUT2D eigenvalue weighted by Crippen LogP contribution is 2.30. The molecule has 3 rings (SSSR count). The van der Waals surface area contributed by atoms with Gasteiger partial charge in [0.2, 0.25) is 0 Å². The van der Waals surface area contributed by atoms with Gasteiger partial charge in [-0.2, -0.15) is 18.2 Å². The third-order valence-electron chi connectivity index (χ3n) is 4.27. The molecule has 2 unspecified atom stereocenters. The number of hydrazine groups is 1. The number of piperidine rings is 1. The average molecular weight is 449 g/mol. The summed E-state index contributed by atoms with van der Waals surface area (Å²) < 4.78 is 41.0. The number of hydrogen-bond donors (Lipinski definition) is 4. The predicted octanol–water partition coefficient (Wildman–Crippen LogP) is -3.84. The van der Waals surface area contributed by atoms with E-state index in [2.05, 4.69) is 30.7 Å². The molecule has 1 aromatic rings. The van der Waals surface area contributed by atoms with Gasteiger partial charge >= 0.3 is 22.4 Å². The first-order chi connectivity index (χ1) is 14.2. The van der Waals surface area contributed by atoms with Crippen LogP contribution in [0.2, 0.25) is 0 Å². The molecule has 166 valence electrons. The molecule has 3 heterocycles. The van der Waals surface area contributed by atoms with Gasteiger partial charge in [-0.1, -0.05) is 5.10 Å². The number of amides is 4. The SMILES string of the molecule is NCCOc1nnnn1CC(=O)NNC(=O)C1CCC2CN1C(=O)N2OS(=O)(=O)O. The smallest absolute Gasteiger partial charge is 0.418 e. The maximum absolute atomic E-state index is 12.4. The minimum absolute atomic E-state index is 0.0207. The van der Waals surface area contributed by atoms with Gasteiger partial charge in [0.25, 0.3) is 11.8 Å². The summed E-state index contributed by atoms with van der Waals surface area (Å²) in [4.78, 5) is 37.8. The lowest BCUT2D eigenvalue weighted by Crippen LogP contribution is -2.54. The van der Waals surface area contributed by atoms with Gasteiger partial charge in [0.1, 0.15) is 19.2 Å². The summed E-state index contributed by atoms with van der Waals surface area (Å²) in [5.41, 5.74) is 9.67. The largest absolute Gasteiger partial charge is 0.461 e. The van der Waals surface area contributed by atoms with Crippen LogP contribution >= 0.6 is 0 Å². The molecule has 0 aliphatic carbocycles. The van der Waals surface area contributed by atoms with E-state index in [1.807, 2.05) is 0 Å². The molecule has 2 aliphatic rings. The average Bonchev–Trinajstić information content (AvgIpc) is 3.21. The van der Waals surface area contributed by atoms with Crippen LogP contribution in [-0.2, 0) is 30.8 Å². The van der Waals surface area contributed by atoms with Crippen molar-refractivity contribution in [3.8, 4) is 6.01 Å².